The van der Waals surface area contributed by atoms with Gasteiger partial charge in [-0.25, -0.2) is 4.52 Å². The molecule has 1 atom stereocenters. The number of hydrogen-bond acceptors (Lipinski definition) is 6. The Morgan fingerprint density at radius 3 is 2.93 bits per heavy atom. The van der Waals surface area contributed by atoms with Crippen LogP contribution in [-0.4, -0.2) is 43.3 Å². The monoisotopic (exact) mass is 368 g/mol. The number of fused-ring (bicyclic) bond motifs is 1. The number of hydrogen-bond donors (Lipinski definition) is 3. The highest BCUT2D eigenvalue weighted by Gasteiger charge is 2.31. The van der Waals surface area contributed by atoms with E-state index in [9.17, 15) is 4.79 Å². The van der Waals surface area contributed by atoms with Crippen molar-refractivity contribution in [2.24, 2.45) is 5.73 Å². The Morgan fingerprint density at radius 2 is 2.22 bits per heavy atom. The minimum Gasteiger partial charge on any atom is -0.368 e. The summed E-state index contributed by atoms with van der Waals surface area (Å²) in [7, 11) is 0. The first kappa shape index (κ1) is 17.3. The van der Waals surface area contributed by atoms with Crippen molar-refractivity contribution in [3.05, 3.63) is 30.1 Å². The van der Waals surface area contributed by atoms with Gasteiger partial charge in [-0.15, -0.1) is 5.10 Å². The van der Waals surface area contributed by atoms with E-state index in [4.69, 9.17) is 5.73 Å². The van der Waals surface area contributed by atoms with Crippen molar-refractivity contribution in [1.82, 2.24) is 24.8 Å². The van der Waals surface area contributed by atoms with E-state index in [2.05, 4.69) is 46.4 Å². The van der Waals surface area contributed by atoms with Gasteiger partial charge in [0, 0.05) is 29.9 Å². The lowest BCUT2D eigenvalue weighted by Crippen LogP contribution is -2.41. The molecule has 3 aromatic heterocycles. The molecule has 1 aliphatic rings. The number of carbonyl (C=O) groups is 1. The van der Waals surface area contributed by atoms with Crippen LogP contribution in [0.1, 0.15) is 39.3 Å². The molecule has 3 aromatic rings. The third-order valence-electron chi connectivity index (χ3n) is 4.85. The summed E-state index contributed by atoms with van der Waals surface area (Å²) >= 11 is 0. The number of amides is 1. The van der Waals surface area contributed by atoms with Crippen LogP contribution >= 0.6 is 0 Å². The zero-order valence-corrected chi connectivity index (χ0v) is 15.7. The molecule has 4 rings (SSSR count). The molecule has 27 heavy (non-hydrogen) atoms. The number of aromatic nitrogens is 5. The fourth-order valence-electron chi connectivity index (χ4n) is 3.33. The van der Waals surface area contributed by atoms with Gasteiger partial charge in [-0.3, -0.25) is 9.89 Å². The summed E-state index contributed by atoms with van der Waals surface area (Å²) in [5.74, 6) is 1.45. The van der Waals surface area contributed by atoms with Crippen molar-refractivity contribution in [1.29, 1.82) is 0 Å². The number of anilines is 3. The van der Waals surface area contributed by atoms with Crippen molar-refractivity contribution in [2.45, 2.75) is 45.1 Å². The van der Waals surface area contributed by atoms with Crippen LogP contribution in [0.2, 0.25) is 0 Å². The second-order valence-electron chi connectivity index (χ2n) is 7.89. The van der Waals surface area contributed by atoms with E-state index < -0.39 is 0 Å². The molecule has 9 nitrogen and oxygen atoms in total. The molecule has 0 unspecified atom stereocenters. The number of nitrogens with zero attached hydrogens (tertiary/aromatic N) is 5. The Kier molecular flexibility index (Phi) is 4.01. The number of nitrogens with one attached hydrogen (secondary N) is 2. The maximum Gasteiger partial charge on any atom is 0.246 e. The average molecular weight is 368 g/mol. The maximum atomic E-state index is 11.8. The number of primary amides is 1. The van der Waals surface area contributed by atoms with E-state index in [1.54, 1.807) is 4.52 Å². The van der Waals surface area contributed by atoms with E-state index in [0.717, 1.165) is 24.1 Å². The van der Waals surface area contributed by atoms with E-state index in [1.165, 1.54) is 0 Å². The zero-order valence-electron chi connectivity index (χ0n) is 15.7. The predicted octanol–water partition coefficient (Wildman–Crippen LogP) is 1.95. The number of rotatable bonds is 4. The van der Waals surface area contributed by atoms with Crippen LogP contribution in [0, 0.1) is 0 Å². The van der Waals surface area contributed by atoms with Crippen LogP contribution in [0.25, 0.3) is 5.52 Å². The van der Waals surface area contributed by atoms with Crippen LogP contribution in [-0.2, 0) is 10.2 Å². The van der Waals surface area contributed by atoms with Gasteiger partial charge in [0.25, 0.3) is 0 Å². The molecule has 0 aromatic carbocycles. The maximum absolute atomic E-state index is 11.8. The van der Waals surface area contributed by atoms with Crippen molar-refractivity contribution in [3.63, 3.8) is 0 Å². The molecular weight excluding hydrogens is 344 g/mol. The molecule has 0 spiro atoms. The summed E-state index contributed by atoms with van der Waals surface area (Å²) in [6.45, 7) is 7.07. The molecule has 0 bridgehead atoms. The Labute approximate surface area is 157 Å². The lowest BCUT2D eigenvalue weighted by molar-refractivity contribution is -0.119. The molecule has 0 aliphatic carbocycles. The minimum absolute atomic E-state index is 0.0294. The summed E-state index contributed by atoms with van der Waals surface area (Å²) in [6.07, 6.45) is 3.46. The molecule has 1 fully saturated rings. The molecule has 4 N–H and O–H groups in total. The summed E-state index contributed by atoms with van der Waals surface area (Å²) in [5, 5.41) is 15.2. The molecule has 0 saturated carbocycles. The van der Waals surface area contributed by atoms with Gasteiger partial charge in [0.05, 0.1) is 0 Å². The van der Waals surface area contributed by atoms with Gasteiger partial charge in [-0.2, -0.15) is 10.1 Å². The second kappa shape index (κ2) is 6.26. The van der Waals surface area contributed by atoms with Gasteiger partial charge in [0.15, 0.2) is 11.6 Å². The second-order valence-corrected chi connectivity index (χ2v) is 7.89. The van der Waals surface area contributed by atoms with Crippen LogP contribution in [0.15, 0.2) is 24.4 Å². The van der Waals surface area contributed by atoms with E-state index in [1.807, 2.05) is 29.3 Å². The fraction of sp³-hybridized carbons (Fsp3) is 0.444. The number of H-pyrrole nitrogens is 1. The average Bonchev–Trinajstić information content (AvgIpc) is 3.33. The molecule has 1 saturated heterocycles. The van der Waals surface area contributed by atoms with Gasteiger partial charge in [-0.1, -0.05) is 20.8 Å². The largest absolute Gasteiger partial charge is 0.368 e. The van der Waals surface area contributed by atoms with Crippen LogP contribution in [0.3, 0.4) is 0 Å². The van der Waals surface area contributed by atoms with Gasteiger partial charge < -0.3 is 16.0 Å². The highest BCUT2D eigenvalue weighted by molar-refractivity contribution is 5.84. The van der Waals surface area contributed by atoms with Crippen LogP contribution < -0.4 is 16.0 Å². The summed E-state index contributed by atoms with van der Waals surface area (Å²) in [6, 6.07) is 5.44. The van der Waals surface area contributed by atoms with Crippen molar-refractivity contribution in [3.8, 4) is 0 Å². The molecule has 1 amide bonds. The van der Waals surface area contributed by atoms with Gasteiger partial charge in [-0.05, 0) is 25.0 Å². The Bertz CT molecular complexity index is 983. The third-order valence-corrected chi connectivity index (χ3v) is 4.85. The lowest BCUT2D eigenvalue weighted by Gasteiger charge is -2.22. The predicted molar refractivity (Wildman–Crippen MR) is 103 cm³/mol. The first-order valence-corrected chi connectivity index (χ1v) is 9.07. The van der Waals surface area contributed by atoms with E-state index >= 15 is 0 Å². The smallest absolute Gasteiger partial charge is 0.246 e. The normalized spacial score (nSPS) is 17.6. The fourth-order valence-corrected chi connectivity index (χ4v) is 3.33. The molecule has 4 heterocycles. The Morgan fingerprint density at radius 1 is 1.41 bits per heavy atom. The highest BCUT2D eigenvalue weighted by Crippen LogP contribution is 2.28. The number of nitrogens with two attached hydrogens (primary N) is 1. The molecule has 0 radical (unpaired) electrons. The topological polar surface area (TPSA) is 117 Å². The molecule has 1 aliphatic heterocycles. The first-order chi connectivity index (χ1) is 12.8. The minimum atomic E-state index is -0.372. The van der Waals surface area contributed by atoms with Crippen LogP contribution in [0.5, 0.6) is 0 Å². The van der Waals surface area contributed by atoms with E-state index in [0.29, 0.717) is 24.1 Å². The Hall–Kier alpha value is -3.10. The van der Waals surface area contributed by atoms with Crippen molar-refractivity contribution in [2.75, 3.05) is 16.8 Å². The summed E-state index contributed by atoms with van der Waals surface area (Å²) < 4.78 is 1.75. The van der Waals surface area contributed by atoms with Crippen molar-refractivity contribution < 1.29 is 4.79 Å². The van der Waals surface area contributed by atoms with E-state index in [-0.39, 0.29) is 17.4 Å². The van der Waals surface area contributed by atoms with Gasteiger partial charge in [0.1, 0.15) is 11.6 Å². The Balaban J connectivity index is 1.71. The molecule has 142 valence electrons. The highest BCUT2D eigenvalue weighted by atomic mass is 16.1. The van der Waals surface area contributed by atoms with Gasteiger partial charge >= 0.3 is 0 Å². The number of aromatic amines is 1. The SMILES string of the molecule is CC(C)(C)c1cc(Nc2nc(N3CCC[C@H]3C(N)=O)nn3cccc23)n[nH]1. The van der Waals surface area contributed by atoms with Crippen molar-refractivity contribution >= 4 is 29.0 Å². The third kappa shape index (κ3) is 3.20. The van der Waals surface area contributed by atoms with Gasteiger partial charge in [0.2, 0.25) is 11.9 Å². The first-order valence-electron chi connectivity index (χ1n) is 9.07. The summed E-state index contributed by atoms with van der Waals surface area (Å²) in [4.78, 5) is 18.3. The quantitative estimate of drug-likeness (QED) is 0.648. The molecule has 9 heteroatoms. The molecular formula is C18H24N8O. The summed E-state index contributed by atoms with van der Waals surface area (Å²) in [5.41, 5.74) is 7.38. The van der Waals surface area contributed by atoms with Crippen LogP contribution in [0.4, 0.5) is 17.6 Å². The standard InChI is InChI=1S/C18H24N8O/c1-18(2,3)13-10-14(23-22-13)20-16-12-7-5-9-26(12)24-17(21-16)25-8-4-6-11(25)15(19)27/h5,7,9-11H,4,6,8H2,1-3H3,(H2,19,27)(H2,20,21,22,23,24)/t11-/m0/s1. The number of carbonyl (C=O) groups excluding carboxylic acids is 1. The lowest BCUT2D eigenvalue weighted by atomic mass is 9.92. The zero-order chi connectivity index (χ0) is 19.2.